The second kappa shape index (κ2) is 11.1. The van der Waals surface area contributed by atoms with Gasteiger partial charge in [0.25, 0.3) is 0 Å². The minimum Gasteiger partial charge on any atom is -0.463 e. The molecule has 5 heteroatoms. The molecule has 188 valence electrons. The average Bonchev–Trinajstić information content (AvgIpc) is 3.43. The summed E-state index contributed by atoms with van der Waals surface area (Å²) < 4.78 is 6.24. The van der Waals surface area contributed by atoms with Gasteiger partial charge >= 0.3 is 6.01 Å². The van der Waals surface area contributed by atoms with Crippen molar-refractivity contribution in [1.29, 1.82) is 0 Å². The zero-order valence-corrected chi connectivity index (χ0v) is 21.2. The van der Waals surface area contributed by atoms with E-state index in [0.717, 1.165) is 49.4 Å². The fourth-order valence-electron chi connectivity index (χ4n) is 6.02. The first-order valence-corrected chi connectivity index (χ1v) is 13.9. The number of benzene rings is 2. The van der Waals surface area contributed by atoms with Crippen LogP contribution in [0.4, 0.5) is 0 Å². The molecule has 6 rings (SSSR count). The van der Waals surface area contributed by atoms with E-state index < -0.39 is 0 Å². The van der Waals surface area contributed by atoms with E-state index in [-0.39, 0.29) is 0 Å². The first-order chi connectivity index (χ1) is 17.8. The molecule has 0 amide bonds. The second-order valence-electron chi connectivity index (χ2n) is 10.9. The normalized spacial score (nSPS) is 22.9. The van der Waals surface area contributed by atoms with Crippen molar-refractivity contribution in [2.45, 2.75) is 56.9 Å². The van der Waals surface area contributed by atoms with Gasteiger partial charge < -0.3 is 10.1 Å². The summed E-state index contributed by atoms with van der Waals surface area (Å²) in [5, 5.41) is 3.46. The Bertz CT molecular complexity index is 1120. The third kappa shape index (κ3) is 5.63. The van der Waals surface area contributed by atoms with Crippen LogP contribution >= 0.6 is 0 Å². The third-order valence-corrected chi connectivity index (χ3v) is 8.29. The van der Waals surface area contributed by atoms with Crippen LogP contribution in [0.1, 0.15) is 67.2 Å². The summed E-state index contributed by atoms with van der Waals surface area (Å²) in [5.41, 5.74) is 6.14. The van der Waals surface area contributed by atoms with Crippen LogP contribution in [0.2, 0.25) is 0 Å². The monoisotopic (exact) mass is 482 g/mol. The number of likely N-dealkylation sites (tertiary alicyclic amines) is 1. The van der Waals surface area contributed by atoms with Crippen molar-refractivity contribution in [3.8, 4) is 17.3 Å². The molecule has 1 N–H and O–H groups in total. The van der Waals surface area contributed by atoms with Crippen LogP contribution in [0.15, 0.2) is 60.7 Å². The molecule has 2 saturated heterocycles. The second-order valence-corrected chi connectivity index (χ2v) is 10.9. The first-order valence-electron chi connectivity index (χ1n) is 13.9. The molecule has 3 aliphatic rings. The Morgan fingerprint density at radius 2 is 1.61 bits per heavy atom. The number of nitrogens with one attached hydrogen (secondary N) is 1. The van der Waals surface area contributed by atoms with Crippen LogP contribution in [0.25, 0.3) is 11.3 Å². The lowest BCUT2D eigenvalue weighted by Gasteiger charge is -2.35. The molecular weight excluding hydrogens is 444 g/mol. The summed E-state index contributed by atoms with van der Waals surface area (Å²) in [5.74, 6) is 1.70. The minimum absolute atomic E-state index is 0.473. The molecule has 0 spiro atoms. The summed E-state index contributed by atoms with van der Waals surface area (Å²) >= 11 is 0. The van der Waals surface area contributed by atoms with Crippen LogP contribution in [-0.2, 0) is 6.54 Å². The highest BCUT2D eigenvalue weighted by Gasteiger charge is 2.31. The van der Waals surface area contributed by atoms with Gasteiger partial charge in [-0.2, -0.15) is 9.97 Å². The van der Waals surface area contributed by atoms with E-state index in [1.54, 1.807) is 0 Å². The predicted octanol–water partition coefficient (Wildman–Crippen LogP) is 5.78. The summed E-state index contributed by atoms with van der Waals surface area (Å²) in [4.78, 5) is 12.2. The molecule has 1 aromatic heterocycles. The minimum atomic E-state index is 0.473. The lowest BCUT2D eigenvalue weighted by molar-refractivity contribution is 0.149. The Morgan fingerprint density at radius 3 is 2.36 bits per heavy atom. The molecule has 3 aromatic rings. The Morgan fingerprint density at radius 1 is 0.861 bits per heavy atom. The van der Waals surface area contributed by atoms with Gasteiger partial charge in [-0.05, 0) is 93.7 Å². The molecule has 2 aliphatic heterocycles. The van der Waals surface area contributed by atoms with E-state index in [1.807, 2.05) is 6.07 Å². The number of hydrogen-bond donors (Lipinski definition) is 1. The Balaban J connectivity index is 1.06. The maximum atomic E-state index is 6.24. The van der Waals surface area contributed by atoms with Gasteiger partial charge in [0.2, 0.25) is 0 Å². The molecule has 0 radical (unpaired) electrons. The fraction of sp³-hybridized carbons (Fsp3) is 0.484. The van der Waals surface area contributed by atoms with Crippen molar-refractivity contribution in [2.24, 2.45) is 5.92 Å². The van der Waals surface area contributed by atoms with Gasteiger partial charge in [-0.1, -0.05) is 54.6 Å². The topological polar surface area (TPSA) is 50.3 Å². The Labute approximate surface area is 215 Å². The van der Waals surface area contributed by atoms with Gasteiger partial charge in [0.15, 0.2) is 0 Å². The largest absolute Gasteiger partial charge is 0.463 e. The number of hydrogen-bond acceptors (Lipinski definition) is 5. The molecule has 0 atom stereocenters. The van der Waals surface area contributed by atoms with Crippen molar-refractivity contribution >= 4 is 0 Å². The molecule has 0 unspecified atom stereocenters. The zero-order chi connectivity index (χ0) is 24.2. The van der Waals surface area contributed by atoms with Crippen molar-refractivity contribution in [3.63, 3.8) is 0 Å². The molecule has 1 saturated carbocycles. The van der Waals surface area contributed by atoms with Gasteiger partial charge in [0.1, 0.15) is 0 Å². The smallest absolute Gasteiger partial charge is 0.317 e. The molecule has 0 bridgehead atoms. The number of rotatable bonds is 8. The summed E-state index contributed by atoms with van der Waals surface area (Å²) in [6.45, 7) is 6.41. The average molecular weight is 483 g/mol. The fourth-order valence-corrected chi connectivity index (χ4v) is 6.02. The molecule has 5 nitrogen and oxygen atoms in total. The highest BCUT2D eigenvalue weighted by molar-refractivity contribution is 5.59. The molecule has 3 heterocycles. The number of piperidine rings is 1. The molecule has 3 fully saturated rings. The summed E-state index contributed by atoms with van der Waals surface area (Å²) in [7, 11) is 0. The lowest BCUT2D eigenvalue weighted by atomic mass is 9.72. The summed E-state index contributed by atoms with van der Waals surface area (Å²) in [6.07, 6.45) is 7.31. The quantitative estimate of drug-likeness (QED) is 0.441. The van der Waals surface area contributed by atoms with Gasteiger partial charge in [0.05, 0.1) is 18.0 Å². The van der Waals surface area contributed by atoms with E-state index in [4.69, 9.17) is 14.7 Å². The SMILES string of the molecule is c1ccc(-c2cc(C3CCNCC3)nc(OC[C@H]3C[C@@H](c4ccc(CN5CCCC5)cc4)C3)n2)cc1. The van der Waals surface area contributed by atoms with E-state index >= 15 is 0 Å². The van der Waals surface area contributed by atoms with Crippen LogP contribution in [0.3, 0.4) is 0 Å². The van der Waals surface area contributed by atoms with Crippen LogP contribution < -0.4 is 10.1 Å². The van der Waals surface area contributed by atoms with E-state index in [1.165, 1.54) is 49.9 Å². The van der Waals surface area contributed by atoms with Crippen LogP contribution in [0, 0.1) is 5.92 Å². The van der Waals surface area contributed by atoms with Crippen molar-refractivity contribution in [3.05, 3.63) is 77.5 Å². The number of nitrogens with zero attached hydrogens (tertiary/aromatic N) is 3. The van der Waals surface area contributed by atoms with Gasteiger partial charge in [-0.15, -0.1) is 0 Å². The Kier molecular flexibility index (Phi) is 7.29. The highest BCUT2D eigenvalue weighted by atomic mass is 16.5. The molecule has 1 aliphatic carbocycles. The Hall–Kier alpha value is -2.76. The van der Waals surface area contributed by atoms with Crippen molar-refractivity contribution < 1.29 is 4.74 Å². The molecule has 36 heavy (non-hydrogen) atoms. The van der Waals surface area contributed by atoms with Gasteiger partial charge in [-0.25, -0.2) is 0 Å². The number of aromatic nitrogens is 2. The maximum absolute atomic E-state index is 6.24. The van der Waals surface area contributed by atoms with E-state index in [2.05, 4.69) is 64.8 Å². The lowest BCUT2D eigenvalue weighted by Crippen LogP contribution is -2.28. The van der Waals surface area contributed by atoms with Gasteiger partial charge in [0, 0.05) is 18.0 Å². The molecular formula is C31H38N4O. The van der Waals surface area contributed by atoms with Crippen molar-refractivity contribution in [2.75, 3.05) is 32.8 Å². The van der Waals surface area contributed by atoms with E-state index in [0.29, 0.717) is 30.4 Å². The van der Waals surface area contributed by atoms with Gasteiger partial charge in [-0.3, -0.25) is 4.90 Å². The molecule has 2 aromatic carbocycles. The zero-order valence-electron chi connectivity index (χ0n) is 21.2. The van der Waals surface area contributed by atoms with Crippen molar-refractivity contribution in [1.82, 2.24) is 20.2 Å². The highest BCUT2D eigenvalue weighted by Crippen LogP contribution is 2.42. The third-order valence-electron chi connectivity index (χ3n) is 8.29. The standard InChI is InChI=1S/C31H38N4O/c1-2-6-26(7-3-1)29-20-30(27-12-14-32-15-13-27)34-31(33-29)36-22-24-18-28(19-24)25-10-8-23(9-11-25)21-35-16-4-5-17-35/h1-3,6-11,20,24,27-28,32H,4-5,12-19,21-22H2/t24-,28+. The van der Waals surface area contributed by atoms with Crippen LogP contribution in [-0.4, -0.2) is 47.7 Å². The predicted molar refractivity (Wildman–Crippen MR) is 144 cm³/mol. The maximum Gasteiger partial charge on any atom is 0.317 e. The van der Waals surface area contributed by atoms with E-state index in [9.17, 15) is 0 Å². The number of ether oxygens (including phenoxy) is 1. The summed E-state index contributed by atoms with van der Waals surface area (Å²) in [6, 6.07) is 22.5. The first kappa shape index (κ1) is 23.6. The van der Waals surface area contributed by atoms with Crippen LogP contribution in [0.5, 0.6) is 6.01 Å².